The molecule has 148 valence electrons. The first-order valence-electron chi connectivity index (χ1n) is 8.92. The Bertz CT molecular complexity index is 830. The molecule has 0 unspecified atom stereocenters. The first-order chi connectivity index (χ1) is 13.5. The van der Waals surface area contributed by atoms with E-state index in [2.05, 4.69) is 10.6 Å². The van der Waals surface area contributed by atoms with Gasteiger partial charge in [-0.1, -0.05) is 23.9 Å². The number of hydrogen-bond donors (Lipinski definition) is 2. The van der Waals surface area contributed by atoms with Crippen molar-refractivity contribution in [3.05, 3.63) is 54.1 Å². The van der Waals surface area contributed by atoms with Crippen molar-refractivity contribution in [2.45, 2.75) is 36.0 Å². The second-order valence-corrected chi connectivity index (χ2v) is 7.32. The van der Waals surface area contributed by atoms with Crippen molar-refractivity contribution in [2.24, 2.45) is 0 Å². The third-order valence-corrected chi connectivity index (χ3v) is 4.96. The topological polar surface area (TPSA) is 67.4 Å². The molecule has 0 radical (unpaired) electrons. The van der Waals surface area contributed by atoms with Gasteiger partial charge in [0.2, 0.25) is 0 Å². The van der Waals surface area contributed by atoms with Gasteiger partial charge in [0, 0.05) is 17.1 Å². The Morgan fingerprint density at radius 2 is 1.89 bits per heavy atom. The summed E-state index contributed by atoms with van der Waals surface area (Å²) < 4.78 is 30.3. The molecule has 2 aromatic rings. The molecule has 8 heteroatoms. The lowest BCUT2D eigenvalue weighted by molar-refractivity contribution is -0.129. The number of thioether (sulfide) groups is 1. The highest BCUT2D eigenvalue weighted by Gasteiger charge is 2.26. The summed E-state index contributed by atoms with van der Waals surface area (Å²) in [7, 11) is 0. The van der Waals surface area contributed by atoms with Crippen LogP contribution in [-0.4, -0.2) is 30.3 Å². The monoisotopic (exact) mass is 406 g/mol. The maximum absolute atomic E-state index is 12.6. The lowest BCUT2D eigenvalue weighted by Gasteiger charge is -2.16. The van der Waals surface area contributed by atoms with Gasteiger partial charge in [-0.3, -0.25) is 4.79 Å². The number of hydrogen-bond acceptors (Lipinski definition) is 5. The number of rotatable bonds is 6. The smallest absolute Gasteiger partial charge is 0.341 e. The Kier molecular flexibility index (Phi) is 6.86. The van der Waals surface area contributed by atoms with Crippen LogP contribution in [0.5, 0.6) is 0 Å². The molecule has 5 nitrogen and oxygen atoms in total. The molecular weight excluding hydrogens is 386 g/mol. The average Bonchev–Trinajstić information content (AvgIpc) is 2.88. The molecule has 3 rings (SSSR count). The van der Waals surface area contributed by atoms with Crippen LogP contribution < -0.4 is 10.6 Å². The average molecular weight is 406 g/mol. The second-order valence-electron chi connectivity index (χ2n) is 6.25. The molecule has 1 aliphatic heterocycles. The number of alkyl halides is 2. The number of amides is 1. The highest BCUT2D eigenvalue weighted by Crippen LogP contribution is 2.28. The Labute approximate surface area is 165 Å². The van der Waals surface area contributed by atoms with E-state index in [9.17, 15) is 18.4 Å². The molecule has 28 heavy (non-hydrogen) atoms. The molecular formula is C20H20F2N2O3S. The predicted octanol–water partition coefficient (Wildman–Crippen LogP) is 4.57. The summed E-state index contributed by atoms with van der Waals surface area (Å²) in [6.07, 6.45) is 1.36. The van der Waals surface area contributed by atoms with E-state index in [4.69, 9.17) is 4.74 Å². The number of benzene rings is 2. The number of halogens is 2. The predicted molar refractivity (Wildman–Crippen MR) is 104 cm³/mol. The minimum absolute atomic E-state index is 0.275. The summed E-state index contributed by atoms with van der Waals surface area (Å²) in [6.45, 7) is 0.588. The van der Waals surface area contributed by atoms with Gasteiger partial charge in [-0.15, -0.1) is 0 Å². The maximum atomic E-state index is 12.6. The van der Waals surface area contributed by atoms with Crippen LogP contribution in [0.3, 0.4) is 0 Å². The molecule has 1 fully saturated rings. The van der Waals surface area contributed by atoms with E-state index in [1.54, 1.807) is 48.5 Å². The van der Waals surface area contributed by atoms with Gasteiger partial charge < -0.3 is 15.4 Å². The van der Waals surface area contributed by atoms with Crippen molar-refractivity contribution >= 4 is 35.0 Å². The summed E-state index contributed by atoms with van der Waals surface area (Å²) in [5.74, 6) is -3.34. The van der Waals surface area contributed by atoms with Crippen molar-refractivity contribution in [1.82, 2.24) is 5.32 Å². The zero-order valence-electron chi connectivity index (χ0n) is 15.0. The highest BCUT2D eigenvalue weighted by atomic mass is 32.2. The fraction of sp³-hybridized carbons (Fsp3) is 0.300. The van der Waals surface area contributed by atoms with E-state index in [-0.39, 0.29) is 5.91 Å². The van der Waals surface area contributed by atoms with E-state index < -0.39 is 17.8 Å². The summed E-state index contributed by atoms with van der Waals surface area (Å²) in [5, 5.41) is 5.83. The van der Waals surface area contributed by atoms with Gasteiger partial charge in [-0.25, -0.2) is 4.79 Å². The van der Waals surface area contributed by atoms with E-state index >= 15 is 0 Å². The van der Waals surface area contributed by atoms with E-state index in [1.165, 1.54) is 0 Å². The summed E-state index contributed by atoms with van der Waals surface area (Å²) in [4.78, 5) is 25.1. The molecule has 1 saturated heterocycles. The second kappa shape index (κ2) is 9.54. The van der Waals surface area contributed by atoms with Gasteiger partial charge in [0.1, 0.15) is 0 Å². The Hall–Kier alpha value is -2.61. The first kappa shape index (κ1) is 20.1. The standard InChI is InChI=1S/C20H20F2N2O3S/c21-20(22)28-14-10-8-13(9-11-14)24-16-6-2-1-5-15(16)19(26)27-17-7-3-4-12-23-18(17)25/h1-2,5-6,8-11,17,20,24H,3-4,7,12H2,(H,23,25)/t17-/m0/s1. The number of ether oxygens (including phenoxy) is 1. The van der Waals surface area contributed by atoms with Crippen LogP contribution in [0.1, 0.15) is 29.6 Å². The third-order valence-electron chi connectivity index (χ3n) is 4.24. The number of nitrogens with one attached hydrogen (secondary N) is 2. The van der Waals surface area contributed by atoms with Crippen LogP contribution in [0.25, 0.3) is 0 Å². The Morgan fingerprint density at radius 3 is 2.64 bits per heavy atom. The van der Waals surface area contributed by atoms with Crippen LogP contribution in [-0.2, 0) is 9.53 Å². The lowest BCUT2D eigenvalue weighted by atomic mass is 10.1. The van der Waals surface area contributed by atoms with E-state index in [1.807, 2.05) is 0 Å². The molecule has 1 aliphatic rings. The van der Waals surface area contributed by atoms with Gasteiger partial charge in [0.05, 0.1) is 11.3 Å². The van der Waals surface area contributed by atoms with Crippen molar-refractivity contribution in [3.8, 4) is 0 Å². The number of anilines is 2. The van der Waals surface area contributed by atoms with E-state index in [0.29, 0.717) is 46.6 Å². The fourth-order valence-electron chi connectivity index (χ4n) is 2.86. The van der Waals surface area contributed by atoms with Crippen LogP contribution in [0.4, 0.5) is 20.2 Å². The zero-order valence-corrected chi connectivity index (χ0v) is 15.8. The minimum atomic E-state index is -2.48. The summed E-state index contributed by atoms with van der Waals surface area (Å²) in [6, 6.07) is 13.3. The minimum Gasteiger partial charge on any atom is -0.449 e. The number of esters is 1. The van der Waals surface area contributed by atoms with Crippen molar-refractivity contribution in [1.29, 1.82) is 0 Å². The molecule has 1 amide bonds. The lowest BCUT2D eigenvalue weighted by Crippen LogP contribution is -2.36. The van der Waals surface area contributed by atoms with Crippen LogP contribution >= 0.6 is 11.8 Å². The van der Waals surface area contributed by atoms with Gasteiger partial charge in [-0.05, 0) is 55.7 Å². The fourth-order valence-corrected chi connectivity index (χ4v) is 3.36. The van der Waals surface area contributed by atoms with Crippen molar-refractivity contribution in [3.63, 3.8) is 0 Å². The molecule has 2 aromatic carbocycles. The van der Waals surface area contributed by atoms with Crippen LogP contribution in [0.15, 0.2) is 53.4 Å². The molecule has 2 N–H and O–H groups in total. The molecule has 0 aliphatic carbocycles. The Balaban J connectivity index is 1.71. The normalized spacial score (nSPS) is 17.0. The first-order valence-corrected chi connectivity index (χ1v) is 9.80. The number of carbonyl (C=O) groups excluding carboxylic acids is 2. The van der Waals surface area contributed by atoms with Crippen molar-refractivity contribution < 1.29 is 23.1 Å². The van der Waals surface area contributed by atoms with Crippen molar-refractivity contribution in [2.75, 3.05) is 11.9 Å². The van der Waals surface area contributed by atoms with E-state index in [0.717, 1.165) is 12.8 Å². The van der Waals surface area contributed by atoms with Gasteiger partial charge >= 0.3 is 5.97 Å². The van der Waals surface area contributed by atoms with Gasteiger partial charge in [0.25, 0.3) is 11.7 Å². The largest absolute Gasteiger partial charge is 0.449 e. The molecule has 1 heterocycles. The molecule has 0 bridgehead atoms. The molecule has 0 saturated carbocycles. The third kappa shape index (κ3) is 5.45. The Morgan fingerprint density at radius 1 is 1.14 bits per heavy atom. The van der Waals surface area contributed by atoms with Crippen LogP contribution in [0.2, 0.25) is 0 Å². The summed E-state index contributed by atoms with van der Waals surface area (Å²) in [5.41, 5.74) is 1.45. The highest BCUT2D eigenvalue weighted by molar-refractivity contribution is 7.99. The maximum Gasteiger partial charge on any atom is 0.341 e. The van der Waals surface area contributed by atoms with Gasteiger partial charge in [0.15, 0.2) is 6.10 Å². The molecule has 1 atom stereocenters. The summed E-state index contributed by atoms with van der Waals surface area (Å²) >= 11 is 0.470. The quantitative estimate of drug-likeness (QED) is 0.543. The number of carbonyl (C=O) groups is 2. The number of para-hydroxylation sites is 1. The molecule has 0 spiro atoms. The molecule has 0 aromatic heterocycles. The zero-order chi connectivity index (χ0) is 19.9. The van der Waals surface area contributed by atoms with Gasteiger partial charge in [-0.2, -0.15) is 8.78 Å². The van der Waals surface area contributed by atoms with Crippen LogP contribution in [0, 0.1) is 0 Å². The SMILES string of the molecule is O=C(O[C@H]1CCCCNC1=O)c1ccccc1Nc1ccc(SC(F)F)cc1.